The van der Waals surface area contributed by atoms with Crippen molar-refractivity contribution in [1.29, 1.82) is 0 Å². The molecule has 1 atom stereocenters. The third kappa shape index (κ3) is 2.96. The summed E-state index contributed by atoms with van der Waals surface area (Å²) in [4.78, 5) is 27.9. The Balaban J connectivity index is 2.11. The van der Waals surface area contributed by atoms with Gasteiger partial charge < -0.3 is 9.80 Å². The summed E-state index contributed by atoms with van der Waals surface area (Å²) in [5.74, 6) is -0.171. The summed E-state index contributed by atoms with van der Waals surface area (Å²) in [6, 6.07) is 7.13. The van der Waals surface area contributed by atoms with Crippen molar-refractivity contribution < 1.29 is 9.59 Å². The zero-order chi connectivity index (χ0) is 14.7. The minimum absolute atomic E-state index is 0.00201. The topological polar surface area (TPSA) is 40.6 Å². The Morgan fingerprint density at radius 2 is 1.90 bits per heavy atom. The maximum absolute atomic E-state index is 12.3. The van der Waals surface area contributed by atoms with Gasteiger partial charge in [0.15, 0.2) is 0 Å². The van der Waals surface area contributed by atoms with E-state index in [1.807, 2.05) is 26.0 Å². The number of rotatable bonds is 4. The van der Waals surface area contributed by atoms with Crippen LogP contribution in [0.1, 0.15) is 20.3 Å². The smallest absolute Gasteiger partial charge is 0.227 e. The molecule has 1 fully saturated rings. The van der Waals surface area contributed by atoms with Crippen LogP contribution in [0.25, 0.3) is 0 Å². The van der Waals surface area contributed by atoms with E-state index in [-0.39, 0.29) is 24.2 Å². The zero-order valence-electron chi connectivity index (χ0n) is 11.8. The third-order valence-corrected chi connectivity index (χ3v) is 3.94. The lowest BCUT2D eigenvalue weighted by atomic mass is 10.1. The lowest BCUT2D eigenvalue weighted by Gasteiger charge is -2.22. The molecule has 0 spiro atoms. The molecule has 1 aromatic rings. The Morgan fingerprint density at radius 3 is 2.45 bits per heavy atom. The van der Waals surface area contributed by atoms with Crippen molar-refractivity contribution in [3.05, 3.63) is 29.3 Å². The summed E-state index contributed by atoms with van der Waals surface area (Å²) in [5, 5.41) is 0.635. The fourth-order valence-corrected chi connectivity index (χ4v) is 2.66. The Hall–Kier alpha value is -1.55. The Labute approximate surface area is 124 Å². The highest BCUT2D eigenvalue weighted by molar-refractivity contribution is 6.30. The molecule has 0 radical (unpaired) electrons. The summed E-state index contributed by atoms with van der Waals surface area (Å²) < 4.78 is 0. The molecule has 1 aliphatic rings. The number of carbonyl (C=O) groups excluding carboxylic acids is 2. The molecule has 0 aliphatic carbocycles. The van der Waals surface area contributed by atoms with Gasteiger partial charge in [0.05, 0.1) is 5.92 Å². The average Bonchev–Trinajstić information content (AvgIpc) is 2.83. The van der Waals surface area contributed by atoms with Gasteiger partial charge in [-0.3, -0.25) is 9.59 Å². The van der Waals surface area contributed by atoms with E-state index in [4.69, 9.17) is 11.6 Å². The molecule has 0 aromatic heterocycles. The highest BCUT2D eigenvalue weighted by Crippen LogP contribution is 2.27. The molecule has 1 heterocycles. The lowest BCUT2D eigenvalue weighted by molar-refractivity contribution is -0.135. The van der Waals surface area contributed by atoms with Gasteiger partial charge >= 0.3 is 0 Å². The molecule has 2 amide bonds. The first kappa shape index (κ1) is 14.9. The van der Waals surface area contributed by atoms with Gasteiger partial charge in [-0.1, -0.05) is 11.6 Å². The van der Waals surface area contributed by atoms with Crippen LogP contribution in [0.3, 0.4) is 0 Å². The average molecular weight is 295 g/mol. The molecule has 2 rings (SSSR count). The second-order valence-electron chi connectivity index (χ2n) is 4.89. The molecule has 5 heteroatoms. The van der Waals surface area contributed by atoms with E-state index in [9.17, 15) is 9.59 Å². The van der Waals surface area contributed by atoms with Gasteiger partial charge in [0.2, 0.25) is 11.8 Å². The predicted octanol–water partition coefficient (Wildman–Crippen LogP) is 2.56. The van der Waals surface area contributed by atoms with Crippen LogP contribution in [-0.4, -0.2) is 36.3 Å². The molecule has 108 valence electrons. The summed E-state index contributed by atoms with van der Waals surface area (Å²) in [6.45, 7) is 5.72. The molecule has 0 N–H and O–H groups in total. The van der Waals surface area contributed by atoms with Gasteiger partial charge in [-0.05, 0) is 38.1 Å². The maximum Gasteiger partial charge on any atom is 0.227 e. The first-order valence-electron chi connectivity index (χ1n) is 6.91. The zero-order valence-corrected chi connectivity index (χ0v) is 12.6. The number of benzene rings is 1. The van der Waals surface area contributed by atoms with Gasteiger partial charge in [0.1, 0.15) is 0 Å². The second-order valence-corrected chi connectivity index (χ2v) is 5.33. The van der Waals surface area contributed by atoms with Gasteiger partial charge in [0.25, 0.3) is 0 Å². The minimum Gasteiger partial charge on any atom is -0.343 e. The van der Waals surface area contributed by atoms with Crippen molar-refractivity contribution in [2.45, 2.75) is 20.3 Å². The molecule has 20 heavy (non-hydrogen) atoms. The van der Waals surface area contributed by atoms with Crippen LogP contribution in [0.2, 0.25) is 5.02 Å². The van der Waals surface area contributed by atoms with E-state index in [0.29, 0.717) is 24.7 Å². The fraction of sp³-hybridized carbons (Fsp3) is 0.467. The molecule has 4 nitrogen and oxygen atoms in total. The van der Waals surface area contributed by atoms with Gasteiger partial charge in [-0.25, -0.2) is 0 Å². The third-order valence-electron chi connectivity index (χ3n) is 3.69. The van der Waals surface area contributed by atoms with Crippen LogP contribution in [0, 0.1) is 5.92 Å². The molecule has 0 unspecified atom stereocenters. The molecule has 1 aromatic carbocycles. The first-order chi connectivity index (χ1) is 9.56. The van der Waals surface area contributed by atoms with Crippen LogP contribution >= 0.6 is 11.6 Å². The Bertz CT molecular complexity index is 497. The van der Waals surface area contributed by atoms with E-state index < -0.39 is 0 Å². The standard InChI is InChI=1S/C15H19ClN2O2/c1-3-17(4-2)15(20)11-9-14(19)18(10-11)13-7-5-12(16)6-8-13/h5-8,11H,3-4,9-10H2,1-2H3/t11-/m1/s1. The Kier molecular flexibility index (Phi) is 4.65. The molecule has 0 saturated carbocycles. The second kappa shape index (κ2) is 6.27. The van der Waals surface area contributed by atoms with Crippen LogP contribution in [0.4, 0.5) is 5.69 Å². The lowest BCUT2D eigenvalue weighted by Crippen LogP contribution is -2.37. The number of amides is 2. The summed E-state index contributed by atoms with van der Waals surface area (Å²) in [5.41, 5.74) is 0.800. The number of hydrogen-bond acceptors (Lipinski definition) is 2. The quantitative estimate of drug-likeness (QED) is 0.856. The van der Waals surface area contributed by atoms with Crippen LogP contribution in [-0.2, 0) is 9.59 Å². The van der Waals surface area contributed by atoms with E-state index in [1.165, 1.54) is 0 Å². The number of hydrogen-bond donors (Lipinski definition) is 0. The van der Waals surface area contributed by atoms with Crippen LogP contribution in [0.15, 0.2) is 24.3 Å². The molecule has 1 saturated heterocycles. The summed E-state index contributed by atoms with van der Waals surface area (Å²) >= 11 is 5.85. The molecule has 1 aliphatic heterocycles. The molecule has 0 bridgehead atoms. The predicted molar refractivity (Wildman–Crippen MR) is 79.8 cm³/mol. The van der Waals surface area contributed by atoms with Crippen molar-refractivity contribution in [3.63, 3.8) is 0 Å². The summed E-state index contributed by atoms with van der Waals surface area (Å²) in [6.07, 6.45) is 0.290. The first-order valence-corrected chi connectivity index (χ1v) is 7.29. The van der Waals surface area contributed by atoms with Gasteiger partial charge in [0, 0.05) is 36.8 Å². The van der Waals surface area contributed by atoms with Crippen molar-refractivity contribution >= 4 is 29.1 Å². The van der Waals surface area contributed by atoms with E-state index in [0.717, 1.165) is 5.69 Å². The van der Waals surface area contributed by atoms with E-state index in [1.54, 1.807) is 21.9 Å². The van der Waals surface area contributed by atoms with Crippen molar-refractivity contribution in [2.75, 3.05) is 24.5 Å². The van der Waals surface area contributed by atoms with E-state index >= 15 is 0 Å². The van der Waals surface area contributed by atoms with Crippen LogP contribution < -0.4 is 4.90 Å². The normalized spacial score (nSPS) is 18.4. The molecular weight excluding hydrogens is 276 g/mol. The minimum atomic E-state index is -0.238. The Morgan fingerprint density at radius 1 is 1.30 bits per heavy atom. The number of anilines is 1. The summed E-state index contributed by atoms with van der Waals surface area (Å²) in [7, 11) is 0. The largest absolute Gasteiger partial charge is 0.343 e. The van der Waals surface area contributed by atoms with Gasteiger partial charge in [-0.15, -0.1) is 0 Å². The van der Waals surface area contributed by atoms with Gasteiger partial charge in [-0.2, -0.15) is 0 Å². The molecular formula is C15H19ClN2O2. The van der Waals surface area contributed by atoms with E-state index in [2.05, 4.69) is 0 Å². The fourth-order valence-electron chi connectivity index (χ4n) is 2.54. The number of carbonyl (C=O) groups is 2. The van der Waals surface area contributed by atoms with Crippen molar-refractivity contribution in [3.8, 4) is 0 Å². The number of halogens is 1. The monoisotopic (exact) mass is 294 g/mol. The van der Waals surface area contributed by atoms with Crippen molar-refractivity contribution in [2.24, 2.45) is 5.92 Å². The van der Waals surface area contributed by atoms with Crippen LogP contribution in [0.5, 0.6) is 0 Å². The number of nitrogens with zero attached hydrogens (tertiary/aromatic N) is 2. The highest BCUT2D eigenvalue weighted by Gasteiger charge is 2.36. The van der Waals surface area contributed by atoms with Crippen molar-refractivity contribution in [1.82, 2.24) is 4.90 Å². The maximum atomic E-state index is 12.3. The highest BCUT2D eigenvalue weighted by atomic mass is 35.5. The SMILES string of the molecule is CCN(CC)C(=O)[C@@H]1CC(=O)N(c2ccc(Cl)cc2)C1.